The molecule has 1 aliphatic heterocycles. The average Bonchev–Trinajstić information content (AvgIpc) is 2.60. The summed E-state index contributed by atoms with van der Waals surface area (Å²) in [5, 5.41) is 0. The first-order valence-electron chi connectivity index (χ1n) is 5.61. The van der Waals surface area contributed by atoms with E-state index in [9.17, 15) is 0 Å². The lowest BCUT2D eigenvalue weighted by Gasteiger charge is -2.22. The van der Waals surface area contributed by atoms with Crippen LogP contribution in [0.3, 0.4) is 0 Å². The monoisotopic (exact) mass is 205 g/mol. The van der Waals surface area contributed by atoms with Crippen molar-refractivity contribution in [3.63, 3.8) is 0 Å². The van der Waals surface area contributed by atoms with Crippen LogP contribution >= 0.6 is 0 Å². The van der Waals surface area contributed by atoms with Crippen LogP contribution in [0, 0.1) is 12.8 Å². The molecule has 1 aliphatic rings. The van der Waals surface area contributed by atoms with E-state index in [0.717, 1.165) is 24.6 Å². The largest absolute Gasteiger partial charge is 0.354 e. The van der Waals surface area contributed by atoms with Crippen LogP contribution < -0.4 is 10.6 Å². The molecule has 2 atom stereocenters. The summed E-state index contributed by atoms with van der Waals surface area (Å²) in [5.74, 6) is 1.72. The average molecular weight is 205 g/mol. The van der Waals surface area contributed by atoms with Gasteiger partial charge in [-0.3, -0.25) is 0 Å². The number of nitrogens with two attached hydrogens (primary N) is 1. The van der Waals surface area contributed by atoms with E-state index in [1.807, 2.05) is 13.0 Å². The topological polar surface area (TPSA) is 42.1 Å². The van der Waals surface area contributed by atoms with Crippen molar-refractivity contribution in [1.29, 1.82) is 0 Å². The highest BCUT2D eigenvalue weighted by atomic mass is 15.2. The van der Waals surface area contributed by atoms with Gasteiger partial charge in [0.2, 0.25) is 0 Å². The van der Waals surface area contributed by atoms with Gasteiger partial charge in [0.1, 0.15) is 5.82 Å². The van der Waals surface area contributed by atoms with Gasteiger partial charge >= 0.3 is 0 Å². The van der Waals surface area contributed by atoms with Gasteiger partial charge in [-0.15, -0.1) is 0 Å². The molecule has 2 rings (SSSR count). The highest BCUT2D eigenvalue weighted by molar-refractivity contribution is 5.41. The van der Waals surface area contributed by atoms with Crippen LogP contribution in [0.1, 0.15) is 19.0 Å². The van der Waals surface area contributed by atoms with E-state index in [4.69, 9.17) is 5.73 Å². The smallest absolute Gasteiger partial charge is 0.129 e. The first-order valence-corrected chi connectivity index (χ1v) is 5.61. The quantitative estimate of drug-likeness (QED) is 0.796. The van der Waals surface area contributed by atoms with Gasteiger partial charge in [-0.05, 0) is 44.9 Å². The maximum absolute atomic E-state index is 5.72. The maximum atomic E-state index is 5.72. The van der Waals surface area contributed by atoms with E-state index in [-0.39, 0.29) is 0 Å². The number of nitrogens with zero attached hydrogens (tertiary/aromatic N) is 2. The molecule has 0 saturated carbocycles. The molecule has 1 fully saturated rings. The fourth-order valence-corrected chi connectivity index (χ4v) is 2.32. The molecular formula is C12H19N3. The summed E-state index contributed by atoms with van der Waals surface area (Å²) in [6, 6.07) is 6.75. The molecule has 2 N–H and O–H groups in total. The van der Waals surface area contributed by atoms with E-state index >= 15 is 0 Å². The number of pyridine rings is 1. The Hall–Kier alpha value is -1.09. The number of aromatic nitrogens is 1. The molecule has 2 unspecified atom stereocenters. The van der Waals surface area contributed by atoms with Gasteiger partial charge in [0.25, 0.3) is 0 Å². The Balaban J connectivity index is 2.17. The predicted molar refractivity (Wildman–Crippen MR) is 62.9 cm³/mol. The molecule has 0 bridgehead atoms. The molecule has 0 spiro atoms. The first kappa shape index (κ1) is 10.4. The van der Waals surface area contributed by atoms with Crippen LogP contribution in [0.25, 0.3) is 0 Å². The molecule has 0 amide bonds. The van der Waals surface area contributed by atoms with Crippen molar-refractivity contribution in [3.8, 4) is 0 Å². The highest BCUT2D eigenvalue weighted by Gasteiger charge is 2.28. The van der Waals surface area contributed by atoms with E-state index < -0.39 is 0 Å². The van der Waals surface area contributed by atoms with Crippen LogP contribution in [-0.4, -0.2) is 24.1 Å². The second-order valence-electron chi connectivity index (χ2n) is 4.48. The van der Waals surface area contributed by atoms with Gasteiger partial charge in [-0.2, -0.15) is 0 Å². The van der Waals surface area contributed by atoms with Crippen LogP contribution in [0.15, 0.2) is 18.2 Å². The highest BCUT2D eigenvalue weighted by Crippen LogP contribution is 2.26. The number of rotatable bonds is 2. The number of aryl methyl sites for hydroxylation is 1. The third-order valence-electron chi connectivity index (χ3n) is 3.16. The summed E-state index contributed by atoms with van der Waals surface area (Å²) in [7, 11) is 0. The third-order valence-corrected chi connectivity index (χ3v) is 3.16. The van der Waals surface area contributed by atoms with Gasteiger partial charge in [0.15, 0.2) is 0 Å². The van der Waals surface area contributed by atoms with E-state index in [1.165, 1.54) is 6.42 Å². The van der Waals surface area contributed by atoms with Crippen molar-refractivity contribution in [2.24, 2.45) is 11.7 Å². The van der Waals surface area contributed by atoms with Crippen LogP contribution in [-0.2, 0) is 0 Å². The summed E-state index contributed by atoms with van der Waals surface area (Å²) < 4.78 is 0. The third kappa shape index (κ3) is 2.12. The van der Waals surface area contributed by atoms with Crippen molar-refractivity contribution in [2.45, 2.75) is 26.3 Å². The molecule has 3 heteroatoms. The van der Waals surface area contributed by atoms with Crippen molar-refractivity contribution in [2.75, 3.05) is 18.0 Å². The SMILES string of the molecule is Cc1cccc(N2CC(CN)CC2C)n1. The molecule has 0 aliphatic carbocycles. The Morgan fingerprint density at radius 2 is 2.33 bits per heavy atom. The van der Waals surface area contributed by atoms with Crippen molar-refractivity contribution in [1.82, 2.24) is 4.98 Å². The predicted octanol–water partition coefficient (Wildman–Crippen LogP) is 1.56. The standard InChI is InChI=1S/C12H19N3/c1-9-4-3-5-12(14-9)15-8-11(7-13)6-10(15)2/h3-5,10-11H,6-8,13H2,1-2H3. The zero-order valence-electron chi connectivity index (χ0n) is 9.48. The molecule has 1 aromatic rings. The Labute approximate surface area is 91.3 Å². The molecular weight excluding hydrogens is 186 g/mol. The maximum Gasteiger partial charge on any atom is 0.129 e. The van der Waals surface area contributed by atoms with Crippen LogP contribution in [0.4, 0.5) is 5.82 Å². The van der Waals surface area contributed by atoms with Crippen molar-refractivity contribution < 1.29 is 0 Å². The van der Waals surface area contributed by atoms with Crippen molar-refractivity contribution in [3.05, 3.63) is 23.9 Å². The molecule has 3 nitrogen and oxygen atoms in total. The Morgan fingerprint density at radius 1 is 1.53 bits per heavy atom. The number of hydrogen-bond donors (Lipinski definition) is 1. The lowest BCUT2D eigenvalue weighted by atomic mass is 10.1. The first-order chi connectivity index (χ1) is 7.20. The molecule has 0 aromatic carbocycles. The minimum Gasteiger partial charge on any atom is -0.354 e. The van der Waals surface area contributed by atoms with Gasteiger partial charge in [0.05, 0.1) is 0 Å². The lowest BCUT2D eigenvalue weighted by molar-refractivity contribution is 0.579. The Bertz CT molecular complexity index is 337. The summed E-state index contributed by atoms with van der Waals surface area (Å²) in [6.45, 7) is 6.12. The van der Waals surface area contributed by atoms with Crippen LogP contribution in [0.2, 0.25) is 0 Å². The lowest BCUT2D eigenvalue weighted by Crippen LogP contribution is -2.28. The van der Waals surface area contributed by atoms with E-state index in [1.54, 1.807) is 0 Å². The van der Waals surface area contributed by atoms with Gasteiger partial charge in [0, 0.05) is 18.3 Å². The number of anilines is 1. The summed E-state index contributed by atoms with van der Waals surface area (Å²) in [4.78, 5) is 6.93. The van der Waals surface area contributed by atoms with Crippen molar-refractivity contribution >= 4 is 5.82 Å². The number of hydrogen-bond acceptors (Lipinski definition) is 3. The molecule has 1 saturated heterocycles. The van der Waals surface area contributed by atoms with Gasteiger partial charge in [-0.25, -0.2) is 4.98 Å². The zero-order chi connectivity index (χ0) is 10.8. The fraction of sp³-hybridized carbons (Fsp3) is 0.583. The minimum absolute atomic E-state index is 0.563. The fourth-order valence-electron chi connectivity index (χ4n) is 2.32. The molecule has 82 valence electrons. The Kier molecular flexibility index (Phi) is 2.91. The molecule has 0 radical (unpaired) electrons. The summed E-state index contributed by atoms with van der Waals surface area (Å²) in [6.07, 6.45) is 1.19. The summed E-state index contributed by atoms with van der Waals surface area (Å²) >= 11 is 0. The second-order valence-corrected chi connectivity index (χ2v) is 4.48. The minimum atomic E-state index is 0.563. The van der Waals surface area contributed by atoms with E-state index in [2.05, 4.69) is 28.9 Å². The van der Waals surface area contributed by atoms with Gasteiger partial charge < -0.3 is 10.6 Å². The zero-order valence-corrected chi connectivity index (χ0v) is 9.48. The summed E-state index contributed by atoms with van der Waals surface area (Å²) in [5.41, 5.74) is 6.80. The normalized spacial score (nSPS) is 25.9. The molecule has 15 heavy (non-hydrogen) atoms. The van der Waals surface area contributed by atoms with Crippen LogP contribution in [0.5, 0.6) is 0 Å². The van der Waals surface area contributed by atoms with Gasteiger partial charge in [-0.1, -0.05) is 6.07 Å². The second kappa shape index (κ2) is 4.19. The molecule has 1 aromatic heterocycles. The Morgan fingerprint density at radius 3 is 2.93 bits per heavy atom. The molecule has 2 heterocycles. The van der Waals surface area contributed by atoms with E-state index in [0.29, 0.717) is 12.0 Å².